The molecule has 0 aliphatic carbocycles. The summed E-state index contributed by atoms with van der Waals surface area (Å²) in [6, 6.07) is 6.64. The number of anilines is 2. The monoisotopic (exact) mass is 363 g/mol. The predicted molar refractivity (Wildman–Crippen MR) is 87.2 cm³/mol. The van der Waals surface area contributed by atoms with E-state index in [1.54, 1.807) is 30.5 Å². The van der Waals surface area contributed by atoms with E-state index in [1.165, 1.54) is 20.2 Å². The fourth-order valence-electron chi connectivity index (χ4n) is 1.80. The molecule has 0 saturated carbocycles. The number of benzene rings is 1. The maximum absolute atomic E-state index is 12.1. The molecule has 0 aliphatic rings. The first-order valence-corrected chi connectivity index (χ1v) is 7.16. The van der Waals surface area contributed by atoms with Crippen LogP contribution in [-0.4, -0.2) is 23.9 Å². The zero-order chi connectivity index (χ0) is 16.1. The van der Waals surface area contributed by atoms with Gasteiger partial charge in [-0.3, -0.25) is 14.6 Å². The van der Waals surface area contributed by atoms with Crippen LogP contribution in [0.3, 0.4) is 0 Å². The van der Waals surface area contributed by atoms with Crippen molar-refractivity contribution in [1.82, 2.24) is 4.98 Å². The number of hydrogen-bond acceptors (Lipinski definition) is 4. The van der Waals surface area contributed by atoms with Crippen molar-refractivity contribution in [3.63, 3.8) is 0 Å². The van der Waals surface area contributed by atoms with Gasteiger partial charge in [-0.05, 0) is 34.1 Å². The number of amides is 2. The standard InChI is InChI=1S/C15H14BrN3O3/c1-9(20)18-13-4-3-12(6-14(13)22-2)19-15(21)10-5-11(16)8-17-7-10/h3-8H,1-2H3,(H,18,20)(H,19,21). The van der Waals surface area contributed by atoms with Crippen molar-refractivity contribution < 1.29 is 14.3 Å². The smallest absolute Gasteiger partial charge is 0.257 e. The molecule has 0 saturated heterocycles. The van der Waals surface area contributed by atoms with E-state index in [2.05, 4.69) is 31.5 Å². The molecule has 1 aromatic heterocycles. The maximum atomic E-state index is 12.1. The third-order valence-corrected chi connectivity index (χ3v) is 3.17. The number of carbonyl (C=O) groups is 2. The number of halogens is 1. The lowest BCUT2D eigenvalue weighted by atomic mass is 10.2. The van der Waals surface area contributed by atoms with E-state index in [9.17, 15) is 9.59 Å². The third-order valence-electron chi connectivity index (χ3n) is 2.74. The van der Waals surface area contributed by atoms with Crippen molar-refractivity contribution in [3.05, 3.63) is 46.7 Å². The van der Waals surface area contributed by atoms with E-state index in [1.807, 2.05) is 0 Å². The molecule has 7 heteroatoms. The molecular weight excluding hydrogens is 350 g/mol. The highest BCUT2D eigenvalue weighted by molar-refractivity contribution is 9.10. The molecule has 0 aliphatic heterocycles. The van der Waals surface area contributed by atoms with Crippen LogP contribution in [0.1, 0.15) is 17.3 Å². The molecule has 6 nitrogen and oxygen atoms in total. The minimum absolute atomic E-state index is 0.199. The minimum atomic E-state index is -0.289. The van der Waals surface area contributed by atoms with Crippen molar-refractivity contribution in [1.29, 1.82) is 0 Å². The highest BCUT2D eigenvalue weighted by Crippen LogP contribution is 2.28. The van der Waals surface area contributed by atoms with Crippen molar-refractivity contribution in [2.75, 3.05) is 17.7 Å². The lowest BCUT2D eigenvalue weighted by Crippen LogP contribution is -2.13. The second-order valence-corrected chi connectivity index (χ2v) is 5.36. The average Bonchev–Trinajstić information content (AvgIpc) is 2.48. The molecule has 1 heterocycles. The van der Waals surface area contributed by atoms with Gasteiger partial charge in [-0.1, -0.05) is 0 Å². The zero-order valence-electron chi connectivity index (χ0n) is 12.0. The van der Waals surface area contributed by atoms with Gasteiger partial charge in [0.25, 0.3) is 5.91 Å². The fraction of sp³-hybridized carbons (Fsp3) is 0.133. The molecule has 0 spiro atoms. The van der Waals surface area contributed by atoms with Crippen LogP contribution in [-0.2, 0) is 4.79 Å². The topological polar surface area (TPSA) is 80.3 Å². The Labute approximate surface area is 136 Å². The van der Waals surface area contributed by atoms with Crippen molar-refractivity contribution in [3.8, 4) is 5.75 Å². The van der Waals surface area contributed by atoms with Crippen LogP contribution in [0.25, 0.3) is 0 Å². The van der Waals surface area contributed by atoms with Crippen molar-refractivity contribution in [2.45, 2.75) is 6.92 Å². The minimum Gasteiger partial charge on any atom is -0.494 e. The first-order valence-electron chi connectivity index (χ1n) is 6.37. The molecule has 22 heavy (non-hydrogen) atoms. The quantitative estimate of drug-likeness (QED) is 0.874. The predicted octanol–water partition coefficient (Wildman–Crippen LogP) is 3.06. The van der Waals surface area contributed by atoms with Gasteiger partial charge in [-0.2, -0.15) is 0 Å². The summed E-state index contributed by atoms with van der Waals surface area (Å²) in [5, 5.41) is 5.40. The first kappa shape index (κ1) is 16.0. The van der Waals surface area contributed by atoms with Gasteiger partial charge in [0, 0.05) is 35.5 Å². The van der Waals surface area contributed by atoms with Crippen LogP contribution in [0.15, 0.2) is 41.1 Å². The lowest BCUT2D eigenvalue weighted by Gasteiger charge is -2.11. The molecule has 2 aromatic rings. The summed E-state index contributed by atoms with van der Waals surface area (Å²) in [4.78, 5) is 27.2. The maximum Gasteiger partial charge on any atom is 0.257 e. The number of aromatic nitrogens is 1. The van der Waals surface area contributed by atoms with Gasteiger partial charge in [-0.25, -0.2) is 0 Å². The number of rotatable bonds is 4. The second kappa shape index (κ2) is 7.04. The number of nitrogens with one attached hydrogen (secondary N) is 2. The van der Waals surface area contributed by atoms with E-state index >= 15 is 0 Å². The molecule has 0 fully saturated rings. The van der Waals surface area contributed by atoms with Crippen LogP contribution in [0, 0.1) is 0 Å². The molecule has 0 radical (unpaired) electrons. The van der Waals surface area contributed by atoms with Crippen LogP contribution in [0.2, 0.25) is 0 Å². The summed E-state index contributed by atoms with van der Waals surface area (Å²) in [5.74, 6) is -0.0289. The number of pyridine rings is 1. The van der Waals surface area contributed by atoms with Crippen LogP contribution < -0.4 is 15.4 Å². The Morgan fingerprint density at radius 2 is 1.95 bits per heavy atom. The number of ether oxygens (including phenoxy) is 1. The normalized spacial score (nSPS) is 9.95. The van der Waals surface area contributed by atoms with Crippen LogP contribution in [0.4, 0.5) is 11.4 Å². The summed E-state index contributed by atoms with van der Waals surface area (Å²) >= 11 is 3.27. The summed E-state index contributed by atoms with van der Waals surface area (Å²) in [6.07, 6.45) is 3.07. The largest absolute Gasteiger partial charge is 0.494 e. The number of nitrogens with zero attached hydrogens (tertiary/aromatic N) is 1. The Balaban J connectivity index is 2.19. The number of methoxy groups -OCH3 is 1. The second-order valence-electron chi connectivity index (χ2n) is 4.44. The van der Waals surface area contributed by atoms with Gasteiger partial charge >= 0.3 is 0 Å². The Morgan fingerprint density at radius 1 is 1.18 bits per heavy atom. The van der Waals surface area contributed by atoms with E-state index < -0.39 is 0 Å². The fourth-order valence-corrected chi connectivity index (χ4v) is 2.17. The van der Waals surface area contributed by atoms with Gasteiger partial charge < -0.3 is 15.4 Å². The Bertz CT molecular complexity index is 719. The highest BCUT2D eigenvalue weighted by Gasteiger charge is 2.10. The summed E-state index contributed by atoms with van der Waals surface area (Å²) < 4.78 is 5.93. The SMILES string of the molecule is COc1cc(NC(=O)c2cncc(Br)c2)ccc1NC(C)=O. The highest BCUT2D eigenvalue weighted by atomic mass is 79.9. The van der Waals surface area contributed by atoms with Gasteiger partial charge in [0.2, 0.25) is 5.91 Å². The zero-order valence-corrected chi connectivity index (χ0v) is 13.6. The Kier molecular flexibility index (Phi) is 5.11. The molecule has 0 bridgehead atoms. The van der Waals surface area contributed by atoms with Gasteiger partial charge in [0.1, 0.15) is 5.75 Å². The Morgan fingerprint density at radius 3 is 2.59 bits per heavy atom. The lowest BCUT2D eigenvalue weighted by molar-refractivity contribution is -0.114. The van der Waals surface area contributed by atoms with Crippen molar-refractivity contribution >= 4 is 39.1 Å². The first-order chi connectivity index (χ1) is 10.5. The van der Waals surface area contributed by atoms with E-state index in [-0.39, 0.29) is 11.8 Å². The third kappa shape index (κ3) is 4.05. The molecule has 0 atom stereocenters. The molecule has 1 aromatic carbocycles. The van der Waals surface area contributed by atoms with Crippen LogP contribution in [0.5, 0.6) is 5.75 Å². The summed E-state index contributed by atoms with van der Waals surface area (Å²) in [5.41, 5.74) is 1.52. The Hall–Kier alpha value is -2.41. The molecular formula is C15H14BrN3O3. The average molecular weight is 364 g/mol. The summed E-state index contributed by atoms with van der Waals surface area (Å²) in [7, 11) is 1.49. The van der Waals surface area contributed by atoms with Gasteiger partial charge in [0.15, 0.2) is 0 Å². The molecule has 2 amide bonds. The van der Waals surface area contributed by atoms with Crippen LogP contribution >= 0.6 is 15.9 Å². The molecule has 2 N–H and O–H groups in total. The molecule has 2 rings (SSSR count). The molecule has 114 valence electrons. The number of carbonyl (C=O) groups excluding carboxylic acids is 2. The van der Waals surface area contributed by atoms with Gasteiger partial charge in [0.05, 0.1) is 18.4 Å². The van der Waals surface area contributed by atoms with E-state index in [0.29, 0.717) is 22.7 Å². The van der Waals surface area contributed by atoms with Gasteiger partial charge in [-0.15, -0.1) is 0 Å². The van der Waals surface area contributed by atoms with Crippen molar-refractivity contribution in [2.24, 2.45) is 0 Å². The summed E-state index contributed by atoms with van der Waals surface area (Å²) in [6.45, 7) is 1.41. The number of hydrogen-bond donors (Lipinski definition) is 2. The molecule has 0 unspecified atom stereocenters. The van der Waals surface area contributed by atoms with E-state index in [4.69, 9.17) is 4.74 Å². The van der Waals surface area contributed by atoms with E-state index in [0.717, 1.165) is 4.47 Å².